The van der Waals surface area contributed by atoms with Crippen molar-refractivity contribution in [2.24, 2.45) is 0 Å². The monoisotopic (exact) mass is 489 g/mol. The minimum Gasteiger partial charge on any atom is -0.464 e. The Labute approximate surface area is 207 Å². The highest BCUT2D eigenvalue weighted by molar-refractivity contribution is 7.12. The zero-order valence-corrected chi connectivity index (χ0v) is 22.7. The average Bonchev–Trinajstić information content (AvgIpc) is 3.58. The fourth-order valence-corrected chi connectivity index (χ4v) is 3.81. The van der Waals surface area contributed by atoms with E-state index in [1.54, 1.807) is 29.7 Å². The second-order valence-electron chi connectivity index (χ2n) is 6.48. The first-order chi connectivity index (χ1) is 16.3. The SMILES string of the molecule is CC.CC.CC.Cc1cc2c(o1)CNC2=O.Cc1cc2c(s1)CNC2=O.Cc1cc[nH]c(=O)c1. The summed E-state index contributed by atoms with van der Waals surface area (Å²) < 4.78 is 5.21. The van der Waals surface area contributed by atoms with E-state index < -0.39 is 0 Å². The molecular weight excluding hydrogens is 450 g/mol. The van der Waals surface area contributed by atoms with Gasteiger partial charge in [-0.05, 0) is 44.5 Å². The highest BCUT2D eigenvalue weighted by atomic mass is 32.1. The maximum Gasteiger partial charge on any atom is 0.255 e. The number of thiophene rings is 1. The summed E-state index contributed by atoms with van der Waals surface area (Å²) in [5.74, 6) is 1.63. The Bertz CT molecular complexity index is 1020. The first kappa shape index (κ1) is 30.9. The number of aromatic amines is 1. The Morgan fingerprint density at radius 1 is 0.794 bits per heavy atom. The van der Waals surface area contributed by atoms with Gasteiger partial charge >= 0.3 is 0 Å². The molecule has 0 saturated carbocycles. The molecule has 3 N–H and O–H groups in total. The summed E-state index contributed by atoms with van der Waals surface area (Å²) in [7, 11) is 0. The van der Waals surface area contributed by atoms with Crippen LogP contribution in [0, 0.1) is 20.8 Å². The van der Waals surface area contributed by atoms with Crippen LogP contribution >= 0.6 is 11.3 Å². The Morgan fingerprint density at radius 3 is 1.88 bits per heavy atom. The van der Waals surface area contributed by atoms with Gasteiger partial charge in [0.05, 0.1) is 24.2 Å². The third-order valence-corrected chi connectivity index (χ3v) is 5.15. The van der Waals surface area contributed by atoms with Gasteiger partial charge in [-0.15, -0.1) is 11.3 Å². The van der Waals surface area contributed by atoms with Crippen molar-refractivity contribution in [2.45, 2.75) is 75.4 Å². The van der Waals surface area contributed by atoms with Crippen molar-refractivity contribution >= 4 is 23.2 Å². The number of furan rings is 1. The number of aromatic nitrogens is 1. The van der Waals surface area contributed by atoms with Crippen molar-refractivity contribution in [2.75, 3.05) is 0 Å². The molecule has 2 aliphatic heterocycles. The minimum absolute atomic E-state index is 0.0214. The van der Waals surface area contributed by atoms with Gasteiger partial charge in [0.1, 0.15) is 11.5 Å². The predicted molar refractivity (Wildman–Crippen MR) is 141 cm³/mol. The number of pyridine rings is 1. The van der Waals surface area contributed by atoms with Gasteiger partial charge < -0.3 is 20.0 Å². The number of carbonyl (C=O) groups excluding carboxylic acids is 2. The number of aryl methyl sites for hydroxylation is 3. The van der Waals surface area contributed by atoms with E-state index >= 15 is 0 Å². The Morgan fingerprint density at radius 2 is 1.38 bits per heavy atom. The summed E-state index contributed by atoms with van der Waals surface area (Å²) in [4.78, 5) is 37.2. The fourth-order valence-electron chi connectivity index (χ4n) is 2.84. The van der Waals surface area contributed by atoms with Gasteiger partial charge in [0.15, 0.2) is 0 Å². The maximum atomic E-state index is 11.0. The predicted octanol–water partition coefficient (Wildman–Crippen LogP) is 5.89. The van der Waals surface area contributed by atoms with Crippen LogP contribution in [0.1, 0.15) is 89.1 Å². The summed E-state index contributed by atoms with van der Waals surface area (Å²) in [6.45, 7) is 19.0. The van der Waals surface area contributed by atoms with Gasteiger partial charge in [0.25, 0.3) is 11.8 Å². The Balaban J connectivity index is 0.000000435. The number of hydrogen-bond donors (Lipinski definition) is 3. The maximum absolute atomic E-state index is 11.0. The first-order valence-corrected chi connectivity index (χ1v) is 12.6. The third kappa shape index (κ3) is 9.39. The highest BCUT2D eigenvalue weighted by Crippen LogP contribution is 2.25. The quantitative estimate of drug-likeness (QED) is 0.366. The van der Waals surface area contributed by atoms with Gasteiger partial charge in [-0.25, -0.2) is 0 Å². The molecule has 0 unspecified atom stereocenters. The average molecular weight is 490 g/mol. The summed E-state index contributed by atoms with van der Waals surface area (Å²) in [6, 6.07) is 7.11. The van der Waals surface area contributed by atoms with Crippen molar-refractivity contribution < 1.29 is 14.0 Å². The molecule has 0 saturated heterocycles. The van der Waals surface area contributed by atoms with E-state index in [1.807, 2.05) is 74.4 Å². The number of hydrogen-bond acceptors (Lipinski definition) is 5. The zero-order chi connectivity index (χ0) is 26.3. The Hall–Kier alpha value is -3.13. The lowest BCUT2D eigenvalue weighted by molar-refractivity contribution is 0.0957. The van der Waals surface area contributed by atoms with Gasteiger partial charge in [0.2, 0.25) is 5.56 Å². The molecule has 0 spiro atoms. The minimum atomic E-state index is -0.0370. The molecule has 8 heteroatoms. The molecule has 2 aliphatic rings. The number of H-pyrrole nitrogens is 1. The molecule has 34 heavy (non-hydrogen) atoms. The van der Waals surface area contributed by atoms with Crippen LogP contribution in [0.15, 0.2) is 39.7 Å². The van der Waals surface area contributed by atoms with Crippen LogP contribution in [0.3, 0.4) is 0 Å². The van der Waals surface area contributed by atoms with Crippen molar-refractivity contribution in [3.63, 3.8) is 0 Å². The molecule has 188 valence electrons. The van der Waals surface area contributed by atoms with E-state index in [2.05, 4.69) is 15.6 Å². The third-order valence-electron chi connectivity index (χ3n) is 4.10. The van der Waals surface area contributed by atoms with Crippen LogP contribution in [-0.4, -0.2) is 16.8 Å². The molecular formula is C26H39N3O4S. The molecule has 5 rings (SSSR count). The van der Waals surface area contributed by atoms with E-state index in [-0.39, 0.29) is 17.4 Å². The lowest BCUT2D eigenvalue weighted by atomic mass is 10.3. The van der Waals surface area contributed by atoms with E-state index in [9.17, 15) is 14.4 Å². The van der Waals surface area contributed by atoms with Crippen LogP contribution in [0.5, 0.6) is 0 Å². The molecule has 3 aromatic heterocycles. The molecule has 0 bridgehead atoms. The van der Waals surface area contributed by atoms with Gasteiger partial charge in [0, 0.05) is 22.0 Å². The zero-order valence-electron chi connectivity index (χ0n) is 21.8. The lowest BCUT2D eigenvalue weighted by Gasteiger charge is -1.87. The second-order valence-corrected chi connectivity index (χ2v) is 7.82. The van der Waals surface area contributed by atoms with Crippen LogP contribution in [0.25, 0.3) is 0 Å². The fraction of sp³-hybridized carbons (Fsp3) is 0.423. The molecule has 2 amide bonds. The van der Waals surface area contributed by atoms with Crippen LogP contribution in [0.4, 0.5) is 0 Å². The van der Waals surface area contributed by atoms with Crippen molar-refractivity contribution in [3.05, 3.63) is 78.8 Å². The standard InChI is InChI=1S/C7H7NO2.C7H7NOS.C6H7NO.3C2H6/c2*1-4-2-5-6(10-4)3-8-7(5)9;1-5-2-3-7-6(8)4-5;3*1-2/h2*2H,3H2,1H3,(H,8,9);2-4H,1H3,(H,7,8);3*1-2H3. The van der Waals surface area contributed by atoms with E-state index in [4.69, 9.17) is 4.42 Å². The largest absolute Gasteiger partial charge is 0.464 e. The van der Waals surface area contributed by atoms with Crippen molar-refractivity contribution in [1.29, 1.82) is 0 Å². The molecule has 0 atom stereocenters. The number of fused-ring (bicyclic) bond motifs is 2. The normalized spacial score (nSPS) is 11.6. The summed E-state index contributed by atoms with van der Waals surface area (Å²) in [5.41, 5.74) is 2.53. The van der Waals surface area contributed by atoms with Gasteiger partial charge in [-0.3, -0.25) is 14.4 Å². The van der Waals surface area contributed by atoms with Crippen LogP contribution in [0.2, 0.25) is 0 Å². The Kier molecular flexibility index (Phi) is 15.0. The highest BCUT2D eigenvalue weighted by Gasteiger charge is 2.22. The summed E-state index contributed by atoms with van der Waals surface area (Å²) in [5, 5.41) is 5.42. The summed E-state index contributed by atoms with van der Waals surface area (Å²) in [6.07, 6.45) is 1.64. The number of amides is 2. The molecule has 0 aromatic carbocycles. The molecule has 5 heterocycles. The molecule has 0 radical (unpaired) electrons. The van der Waals surface area contributed by atoms with E-state index in [0.717, 1.165) is 29.2 Å². The van der Waals surface area contributed by atoms with Gasteiger partial charge in [-0.1, -0.05) is 41.5 Å². The molecule has 3 aromatic rings. The topological polar surface area (TPSA) is 104 Å². The van der Waals surface area contributed by atoms with Crippen LogP contribution in [-0.2, 0) is 13.1 Å². The van der Waals surface area contributed by atoms with E-state index in [0.29, 0.717) is 12.1 Å². The number of carbonyl (C=O) groups is 2. The first-order valence-electron chi connectivity index (χ1n) is 11.7. The lowest BCUT2D eigenvalue weighted by Crippen LogP contribution is -2.12. The van der Waals surface area contributed by atoms with Crippen LogP contribution < -0.4 is 16.2 Å². The van der Waals surface area contributed by atoms with Gasteiger partial charge in [-0.2, -0.15) is 0 Å². The number of nitrogens with one attached hydrogen (secondary N) is 3. The molecule has 7 nitrogen and oxygen atoms in total. The summed E-state index contributed by atoms with van der Waals surface area (Å²) >= 11 is 1.70. The van der Waals surface area contributed by atoms with Crippen molar-refractivity contribution in [1.82, 2.24) is 15.6 Å². The smallest absolute Gasteiger partial charge is 0.255 e. The second kappa shape index (κ2) is 16.5. The molecule has 0 fully saturated rings. The molecule has 0 aliphatic carbocycles. The number of rotatable bonds is 0. The van der Waals surface area contributed by atoms with E-state index in [1.165, 1.54) is 9.75 Å². The van der Waals surface area contributed by atoms with Crippen molar-refractivity contribution in [3.8, 4) is 0 Å².